The van der Waals surface area contributed by atoms with Gasteiger partial charge in [0, 0.05) is 27.2 Å². The fourth-order valence-corrected chi connectivity index (χ4v) is 2.75. The van der Waals surface area contributed by atoms with Gasteiger partial charge in [-0.15, -0.1) is 23.4 Å². The molecule has 0 aliphatic heterocycles. The van der Waals surface area contributed by atoms with Gasteiger partial charge in [0.05, 0.1) is 0 Å². The normalized spacial score (nSPS) is 10.2. The highest BCUT2D eigenvalue weighted by Gasteiger charge is 2.11. The molecule has 0 heterocycles. The monoisotopic (exact) mass is 292 g/mol. The van der Waals surface area contributed by atoms with Gasteiger partial charge in [-0.1, -0.05) is 12.1 Å². The zero-order valence-corrected chi connectivity index (χ0v) is 10.9. The average molecular weight is 294 g/mol. The number of hydrogen-bond donors (Lipinski definition) is 0. The number of thioether (sulfide) groups is 1. The molecule has 0 amide bonds. The molecule has 1 rings (SSSR count). The number of Topliss-reactive ketones (excluding diaryl/α,β-unsaturated/α-hetero) is 1. The van der Waals surface area contributed by atoms with Crippen molar-refractivity contribution in [3.63, 3.8) is 0 Å². The number of alkyl halides is 1. The van der Waals surface area contributed by atoms with E-state index in [1.54, 1.807) is 11.8 Å². The summed E-state index contributed by atoms with van der Waals surface area (Å²) in [6, 6.07) is 5.68. The molecule has 1 nitrogen and oxygen atoms in total. The minimum absolute atomic E-state index is 0.0859. The van der Waals surface area contributed by atoms with E-state index in [4.69, 9.17) is 11.6 Å². The molecule has 1 aromatic carbocycles. The topological polar surface area (TPSA) is 17.1 Å². The lowest BCUT2D eigenvalue weighted by molar-refractivity contribution is 0.0988. The lowest BCUT2D eigenvalue weighted by Gasteiger charge is -2.05. The third-order valence-electron chi connectivity index (χ3n) is 1.81. The number of carbonyl (C=O) groups is 1. The van der Waals surface area contributed by atoms with Gasteiger partial charge in [-0.05, 0) is 28.3 Å². The Hall–Kier alpha value is 0.01000. The van der Waals surface area contributed by atoms with Crippen LogP contribution >= 0.6 is 39.3 Å². The molecular formula is C10H10BrClOS. The standard InChI is InChI=1S/C10H10BrClOS/c1-14-9-4-2-3-7(10(9)11)8(13)5-6-12/h2-4H,5-6H2,1H3. The molecule has 0 aromatic heterocycles. The second-order valence-electron chi connectivity index (χ2n) is 2.68. The van der Waals surface area contributed by atoms with E-state index >= 15 is 0 Å². The molecule has 0 aliphatic rings. The lowest BCUT2D eigenvalue weighted by atomic mass is 10.1. The Morgan fingerprint density at radius 2 is 2.29 bits per heavy atom. The van der Waals surface area contributed by atoms with E-state index in [2.05, 4.69) is 15.9 Å². The molecule has 0 radical (unpaired) electrons. The zero-order chi connectivity index (χ0) is 10.6. The van der Waals surface area contributed by atoms with Crippen molar-refractivity contribution in [2.75, 3.05) is 12.1 Å². The van der Waals surface area contributed by atoms with Crippen LogP contribution in [0.2, 0.25) is 0 Å². The van der Waals surface area contributed by atoms with Crippen molar-refractivity contribution in [1.82, 2.24) is 0 Å². The molecular weight excluding hydrogens is 284 g/mol. The Morgan fingerprint density at radius 1 is 1.57 bits per heavy atom. The first kappa shape index (κ1) is 12.1. The quantitative estimate of drug-likeness (QED) is 0.474. The molecule has 0 N–H and O–H groups in total. The highest BCUT2D eigenvalue weighted by molar-refractivity contribution is 9.10. The van der Waals surface area contributed by atoms with Crippen LogP contribution in [-0.2, 0) is 0 Å². The largest absolute Gasteiger partial charge is 0.294 e. The SMILES string of the molecule is CSc1cccc(C(=O)CCCl)c1Br. The van der Waals surface area contributed by atoms with Gasteiger partial charge in [-0.25, -0.2) is 0 Å². The van der Waals surface area contributed by atoms with Crippen molar-refractivity contribution < 1.29 is 4.79 Å². The summed E-state index contributed by atoms with van der Waals surface area (Å²) < 4.78 is 0.877. The van der Waals surface area contributed by atoms with E-state index in [1.807, 2.05) is 24.5 Å². The Morgan fingerprint density at radius 3 is 2.86 bits per heavy atom. The minimum atomic E-state index is 0.0859. The maximum absolute atomic E-state index is 11.6. The maximum Gasteiger partial charge on any atom is 0.165 e. The first-order valence-corrected chi connectivity index (χ1v) is 6.67. The number of benzene rings is 1. The highest BCUT2D eigenvalue weighted by Crippen LogP contribution is 2.29. The van der Waals surface area contributed by atoms with E-state index in [0.29, 0.717) is 12.3 Å². The molecule has 0 unspecified atom stereocenters. The second-order valence-corrected chi connectivity index (χ2v) is 4.70. The van der Waals surface area contributed by atoms with Crippen LogP contribution in [0.15, 0.2) is 27.6 Å². The third-order valence-corrected chi connectivity index (χ3v) is 3.89. The summed E-state index contributed by atoms with van der Waals surface area (Å²) in [6.45, 7) is 0. The summed E-state index contributed by atoms with van der Waals surface area (Å²) in [5, 5.41) is 0. The molecule has 14 heavy (non-hydrogen) atoms. The maximum atomic E-state index is 11.6. The molecule has 0 spiro atoms. The third kappa shape index (κ3) is 2.75. The molecule has 0 saturated heterocycles. The Labute approximate surface area is 101 Å². The van der Waals surface area contributed by atoms with Crippen molar-refractivity contribution in [3.05, 3.63) is 28.2 Å². The fraction of sp³-hybridized carbons (Fsp3) is 0.300. The number of carbonyl (C=O) groups excluding carboxylic acids is 1. The van der Waals surface area contributed by atoms with Gasteiger partial charge in [0.25, 0.3) is 0 Å². The predicted molar refractivity (Wildman–Crippen MR) is 65.6 cm³/mol. The summed E-state index contributed by atoms with van der Waals surface area (Å²) in [4.78, 5) is 12.7. The van der Waals surface area contributed by atoms with Crippen LogP contribution in [-0.4, -0.2) is 17.9 Å². The van der Waals surface area contributed by atoms with Crippen molar-refractivity contribution in [2.24, 2.45) is 0 Å². The number of rotatable bonds is 4. The summed E-state index contributed by atoms with van der Waals surface area (Å²) >= 11 is 10.6. The summed E-state index contributed by atoms with van der Waals surface area (Å²) in [5.74, 6) is 0.456. The van der Waals surface area contributed by atoms with E-state index in [1.165, 1.54) is 0 Å². The number of ketones is 1. The molecule has 4 heteroatoms. The van der Waals surface area contributed by atoms with Crippen LogP contribution in [0.1, 0.15) is 16.8 Å². The molecule has 0 bridgehead atoms. The van der Waals surface area contributed by atoms with Crippen LogP contribution < -0.4 is 0 Å². The average Bonchev–Trinajstić information content (AvgIpc) is 2.18. The van der Waals surface area contributed by atoms with E-state index in [-0.39, 0.29) is 5.78 Å². The predicted octanol–water partition coefficient (Wildman–Crippen LogP) is 3.98. The number of halogens is 2. The molecule has 0 saturated carbocycles. The Balaban J connectivity index is 3.03. The van der Waals surface area contributed by atoms with Gasteiger partial charge in [0.1, 0.15) is 0 Å². The van der Waals surface area contributed by atoms with Crippen LogP contribution in [0.25, 0.3) is 0 Å². The highest BCUT2D eigenvalue weighted by atomic mass is 79.9. The van der Waals surface area contributed by atoms with E-state index in [9.17, 15) is 4.79 Å². The summed E-state index contributed by atoms with van der Waals surface area (Å²) in [7, 11) is 0. The zero-order valence-electron chi connectivity index (χ0n) is 7.72. The first-order valence-electron chi connectivity index (χ1n) is 4.12. The second kappa shape index (κ2) is 5.79. The van der Waals surface area contributed by atoms with Crippen LogP contribution in [0, 0.1) is 0 Å². The number of hydrogen-bond acceptors (Lipinski definition) is 2. The first-order chi connectivity index (χ1) is 6.70. The van der Waals surface area contributed by atoms with Crippen LogP contribution in [0.3, 0.4) is 0 Å². The van der Waals surface area contributed by atoms with Crippen molar-refractivity contribution in [1.29, 1.82) is 0 Å². The molecule has 0 atom stereocenters. The Kier molecular flexibility index (Phi) is 4.99. The van der Waals surface area contributed by atoms with Crippen molar-refractivity contribution in [2.45, 2.75) is 11.3 Å². The van der Waals surface area contributed by atoms with Gasteiger partial charge in [-0.3, -0.25) is 4.79 Å². The summed E-state index contributed by atoms with van der Waals surface area (Å²) in [5.41, 5.74) is 0.720. The van der Waals surface area contributed by atoms with Gasteiger partial charge in [-0.2, -0.15) is 0 Å². The van der Waals surface area contributed by atoms with Gasteiger partial charge < -0.3 is 0 Å². The van der Waals surface area contributed by atoms with Crippen molar-refractivity contribution >= 4 is 45.1 Å². The molecule has 0 fully saturated rings. The van der Waals surface area contributed by atoms with Gasteiger partial charge in [0.2, 0.25) is 0 Å². The Bertz CT molecular complexity index is 341. The van der Waals surface area contributed by atoms with Crippen LogP contribution in [0.5, 0.6) is 0 Å². The summed E-state index contributed by atoms with van der Waals surface area (Å²) in [6.07, 6.45) is 2.37. The van der Waals surface area contributed by atoms with E-state index in [0.717, 1.165) is 14.9 Å². The lowest BCUT2D eigenvalue weighted by Crippen LogP contribution is -2.01. The molecule has 0 aliphatic carbocycles. The fourth-order valence-electron chi connectivity index (χ4n) is 1.10. The van der Waals surface area contributed by atoms with Crippen molar-refractivity contribution in [3.8, 4) is 0 Å². The van der Waals surface area contributed by atoms with Gasteiger partial charge in [0.15, 0.2) is 5.78 Å². The minimum Gasteiger partial charge on any atom is -0.294 e. The molecule has 1 aromatic rings. The van der Waals surface area contributed by atoms with Gasteiger partial charge >= 0.3 is 0 Å². The smallest absolute Gasteiger partial charge is 0.165 e. The van der Waals surface area contributed by atoms with E-state index < -0.39 is 0 Å². The molecule has 76 valence electrons. The van der Waals surface area contributed by atoms with Crippen LogP contribution in [0.4, 0.5) is 0 Å².